The molecule has 0 heterocycles. The van der Waals surface area contributed by atoms with Crippen LogP contribution in [0, 0.1) is 5.41 Å². The van der Waals surface area contributed by atoms with E-state index in [1.807, 2.05) is 0 Å². The number of hydrogen-bond donors (Lipinski definition) is 0. The molecule has 10 heteroatoms. The maximum atomic E-state index is 12.8. The average molecular weight is 569 g/mol. The third-order valence-corrected chi connectivity index (χ3v) is 8.88. The highest BCUT2D eigenvalue weighted by molar-refractivity contribution is 7.97. The van der Waals surface area contributed by atoms with E-state index in [1.54, 1.807) is 6.92 Å². The Morgan fingerprint density at radius 3 is 1.39 bits per heavy atom. The molecule has 0 radical (unpaired) electrons. The molecule has 5 nitrogen and oxygen atoms in total. The number of carbonyl (C=O) groups is 1. The van der Waals surface area contributed by atoms with Crippen LogP contribution in [0.15, 0.2) is 106 Å². The summed E-state index contributed by atoms with van der Waals surface area (Å²) in [5.41, 5.74) is -4.56. The van der Waals surface area contributed by atoms with Crippen molar-refractivity contribution < 1.29 is 35.7 Å². The summed E-state index contributed by atoms with van der Waals surface area (Å²) in [5.74, 6) is -3.06. The Morgan fingerprint density at radius 2 is 1.13 bits per heavy atom. The molecule has 0 spiro atoms. The normalized spacial score (nSPS) is 13.7. The van der Waals surface area contributed by atoms with Gasteiger partial charge in [-0.1, -0.05) is 61.5 Å². The molecule has 3 aromatic carbocycles. The van der Waals surface area contributed by atoms with Crippen LogP contribution in [0.3, 0.4) is 0 Å². The van der Waals surface area contributed by atoms with Crippen molar-refractivity contribution in [3.05, 3.63) is 91.0 Å². The van der Waals surface area contributed by atoms with Crippen molar-refractivity contribution >= 4 is 27.0 Å². The zero-order valence-electron chi connectivity index (χ0n) is 21.6. The van der Waals surface area contributed by atoms with Crippen molar-refractivity contribution in [2.24, 2.45) is 5.41 Å². The molecule has 0 fully saturated rings. The fourth-order valence-corrected chi connectivity index (χ4v) is 6.07. The molecule has 1 atom stereocenters. The van der Waals surface area contributed by atoms with E-state index in [0.29, 0.717) is 6.92 Å². The van der Waals surface area contributed by atoms with Crippen molar-refractivity contribution in [2.75, 3.05) is 5.75 Å². The lowest BCUT2D eigenvalue weighted by molar-refractivity contribution is -0.259. The Morgan fingerprint density at radius 1 is 0.789 bits per heavy atom. The fraction of sp³-hybridized carbons (Fsp3) is 0.321. The highest BCUT2D eigenvalue weighted by Gasteiger charge is 2.56. The van der Waals surface area contributed by atoms with Gasteiger partial charge in [0.2, 0.25) is 5.60 Å². The smallest absolute Gasteiger partial charge is 0.429 e. The molecule has 3 rings (SSSR count). The molecule has 38 heavy (non-hydrogen) atoms. The summed E-state index contributed by atoms with van der Waals surface area (Å²) in [7, 11) is -5.22. The van der Waals surface area contributed by atoms with Crippen molar-refractivity contribution in [3.8, 4) is 0 Å². The number of carbonyl (C=O) groups excluding carboxylic acids is 1. The summed E-state index contributed by atoms with van der Waals surface area (Å²) in [6.45, 7) is 4.65. The predicted octanol–water partition coefficient (Wildman–Crippen LogP) is 6.61. The Labute approximate surface area is 225 Å². The lowest BCUT2D eigenvalue weighted by Crippen LogP contribution is -2.53. The Balaban J connectivity index is 0.000000267. The Kier molecular flexibility index (Phi) is 10.6. The van der Waals surface area contributed by atoms with Crippen molar-refractivity contribution in [3.63, 3.8) is 0 Å². The predicted molar refractivity (Wildman–Crippen MR) is 141 cm³/mol. The SMILES string of the molecule is CCC(C)(C)C(=O)OC(C)(CS(=O)(=O)[O-])C(F)(F)F.c1ccc([S+](c2ccccc2)c2ccccc2)cc1. The number of rotatable bonds is 8. The van der Waals surface area contributed by atoms with Gasteiger partial charge in [-0.25, -0.2) is 8.42 Å². The van der Waals surface area contributed by atoms with Crippen molar-refractivity contribution in [1.29, 1.82) is 0 Å². The minimum atomic E-state index is -5.21. The number of alkyl halides is 3. The van der Waals surface area contributed by atoms with Gasteiger partial charge in [-0.15, -0.1) is 0 Å². The third-order valence-electron chi connectivity index (χ3n) is 5.74. The molecule has 0 aromatic heterocycles. The number of hydrogen-bond acceptors (Lipinski definition) is 5. The number of benzene rings is 3. The van der Waals surface area contributed by atoms with Gasteiger partial charge in [0, 0.05) is 0 Å². The van der Waals surface area contributed by atoms with Crippen LogP contribution in [-0.2, 0) is 30.5 Å². The van der Waals surface area contributed by atoms with Gasteiger partial charge >= 0.3 is 12.1 Å². The van der Waals surface area contributed by atoms with E-state index in [9.17, 15) is 30.9 Å². The Bertz CT molecular complexity index is 1170. The monoisotopic (exact) mass is 568 g/mol. The van der Waals surface area contributed by atoms with E-state index in [4.69, 9.17) is 0 Å². The highest BCUT2D eigenvalue weighted by atomic mass is 32.2. The van der Waals surface area contributed by atoms with Crippen LogP contribution in [0.2, 0.25) is 0 Å². The van der Waals surface area contributed by atoms with Gasteiger partial charge in [0.1, 0.15) is 0 Å². The van der Waals surface area contributed by atoms with Crippen LogP contribution in [0.4, 0.5) is 13.2 Å². The van der Waals surface area contributed by atoms with Crippen molar-refractivity contribution in [1.82, 2.24) is 0 Å². The molecule has 0 aliphatic heterocycles. The quantitative estimate of drug-likeness (QED) is 0.173. The number of esters is 1. The topological polar surface area (TPSA) is 83.5 Å². The van der Waals surface area contributed by atoms with Gasteiger partial charge < -0.3 is 9.29 Å². The average Bonchev–Trinajstić information content (AvgIpc) is 2.85. The first-order chi connectivity index (χ1) is 17.6. The van der Waals surface area contributed by atoms with E-state index in [-0.39, 0.29) is 17.3 Å². The lowest BCUT2D eigenvalue weighted by atomic mass is 9.90. The van der Waals surface area contributed by atoms with Crippen LogP contribution in [0.5, 0.6) is 0 Å². The molecule has 0 aliphatic carbocycles. The van der Waals surface area contributed by atoms with Crippen LogP contribution in [0.25, 0.3) is 0 Å². The zero-order chi connectivity index (χ0) is 28.6. The van der Waals surface area contributed by atoms with Crippen LogP contribution in [-0.4, -0.2) is 36.5 Å². The van der Waals surface area contributed by atoms with Crippen LogP contribution < -0.4 is 0 Å². The second-order valence-corrected chi connectivity index (χ2v) is 12.7. The standard InChI is InChI=1S/C18H15S.C10H17F3O5S/c1-4-10-16(11-5-1)19(17-12-6-2-7-13-17)18-14-8-3-9-15-18;1-5-8(2,3)7(14)18-9(4,10(11,12)13)6-19(15,16)17/h1-15H;5-6H2,1-4H3,(H,15,16,17)/q+1;/p-1. The van der Waals surface area contributed by atoms with Crippen LogP contribution >= 0.6 is 0 Å². The lowest BCUT2D eigenvalue weighted by Gasteiger charge is -2.35. The second-order valence-electron chi connectivity index (χ2n) is 9.30. The summed E-state index contributed by atoms with van der Waals surface area (Å²) in [4.78, 5) is 15.7. The van der Waals surface area contributed by atoms with Gasteiger partial charge in [-0.05, 0) is 63.6 Å². The first-order valence-corrected chi connectivity index (χ1v) is 14.5. The summed E-state index contributed by atoms with van der Waals surface area (Å²) in [5, 5.41) is 0. The molecule has 3 aromatic rings. The van der Waals surface area contributed by atoms with Gasteiger partial charge in [-0.2, -0.15) is 13.2 Å². The fourth-order valence-electron chi connectivity index (χ4n) is 3.07. The minimum Gasteiger partial charge on any atom is -0.748 e. The third kappa shape index (κ3) is 8.89. The van der Waals surface area contributed by atoms with E-state index >= 15 is 0 Å². The molecular formula is C28H31F3O5S2. The van der Waals surface area contributed by atoms with Gasteiger partial charge in [-0.3, -0.25) is 4.79 Å². The maximum absolute atomic E-state index is 12.8. The molecule has 0 N–H and O–H groups in total. The zero-order valence-corrected chi connectivity index (χ0v) is 23.2. The first-order valence-electron chi connectivity index (χ1n) is 11.7. The summed E-state index contributed by atoms with van der Waals surface area (Å²) in [6.07, 6.45) is -4.96. The maximum Gasteiger partial charge on any atom is 0.429 e. The van der Waals surface area contributed by atoms with E-state index in [0.717, 1.165) is 0 Å². The van der Waals surface area contributed by atoms with Gasteiger partial charge in [0.15, 0.2) is 14.7 Å². The summed E-state index contributed by atoms with van der Waals surface area (Å²) < 4.78 is 74.4. The molecule has 0 saturated heterocycles. The van der Waals surface area contributed by atoms with E-state index < -0.39 is 39.0 Å². The molecule has 0 aliphatic rings. The van der Waals surface area contributed by atoms with Gasteiger partial charge in [0.05, 0.1) is 32.2 Å². The minimum absolute atomic E-state index is 0.0146. The number of ether oxygens (including phenoxy) is 1. The van der Waals surface area contributed by atoms with Gasteiger partial charge in [0.25, 0.3) is 0 Å². The molecule has 0 amide bonds. The molecule has 1 unspecified atom stereocenters. The number of halogens is 3. The molecule has 0 bridgehead atoms. The first kappa shape index (κ1) is 31.4. The summed E-state index contributed by atoms with van der Waals surface area (Å²) in [6, 6.07) is 32.2. The second kappa shape index (κ2) is 12.8. The molecule has 206 valence electrons. The summed E-state index contributed by atoms with van der Waals surface area (Å²) >= 11 is 0. The Hall–Kier alpha value is -2.82. The largest absolute Gasteiger partial charge is 0.748 e. The van der Waals surface area contributed by atoms with Crippen molar-refractivity contribution in [2.45, 2.75) is 60.6 Å². The highest BCUT2D eigenvalue weighted by Crippen LogP contribution is 2.37. The molecular weight excluding hydrogens is 537 g/mol. The van der Waals surface area contributed by atoms with E-state index in [2.05, 4.69) is 95.7 Å². The molecule has 0 saturated carbocycles. The van der Waals surface area contributed by atoms with E-state index in [1.165, 1.54) is 28.5 Å². The van der Waals surface area contributed by atoms with Crippen LogP contribution in [0.1, 0.15) is 34.1 Å².